The Morgan fingerprint density at radius 2 is 1.78 bits per heavy atom. The number of carbonyl (C=O) groups is 1. The Balaban J connectivity index is 1.60. The summed E-state index contributed by atoms with van der Waals surface area (Å²) in [6.07, 6.45) is 0. The molecule has 122 valence electrons. The van der Waals surface area contributed by atoms with Crippen molar-refractivity contribution in [2.45, 2.75) is 0 Å². The summed E-state index contributed by atoms with van der Waals surface area (Å²) in [5.74, 6) is 1.20. The van der Waals surface area contributed by atoms with Crippen LogP contribution in [-0.2, 0) is 0 Å². The molecule has 1 aliphatic rings. The first kappa shape index (κ1) is 15.2. The van der Waals surface area contributed by atoms with E-state index in [1.165, 1.54) is 13.2 Å². The summed E-state index contributed by atoms with van der Waals surface area (Å²) in [6, 6.07) is 9.44. The smallest absolute Gasteiger partial charge is 0.292 e. The van der Waals surface area contributed by atoms with Gasteiger partial charge in [0.2, 0.25) is 5.76 Å². The molecule has 23 heavy (non-hydrogen) atoms. The number of ether oxygens (including phenoxy) is 2. The Bertz CT molecular complexity index is 660. The molecule has 0 saturated carbocycles. The summed E-state index contributed by atoms with van der Waals surface area (Å²) in [5.41, 5.74) is 1.12. The molecule has 1 aromatic heterocycles. The Morgan fingerprint density at radius 3 is 2.35 bits per heavy atom. The van der Waals surface area contributed by atoms with Crippen molar-refractivity contribution in [1.82, 2.24) is 10.1 Å². The first-order valence-corrected chi connectivity index (χ1v) is 7.40. The molecule has 1 aromatic carbocycles. The van der Waals surface area contributed by atoms with Crippen LogP contribution in [0.5, 0.6) is 11.6 Å². The van der Waals surface area contributed by atoms with Crippen LogP contribution in [-0.4, -0.2) is 56.4 Å². The third kappa shape index (κ3) is 3.23. The summed E-state index contributed by atoms with van der Waals surface area (Å²) in [7, 11) is 3.14. The Kier molecular flexibility index (Phi) is 4.36. The largest absolute Gasteiger partial charge is 0.497 e. The number of aromatic nitrogens is 1. The minimum absolute atomic E-state index is 0.157. The number of piperazine rings is 1. The molecule has 7 heteroatoms. The molecular formula is C16H19N3O4. The van der Waals surface area contributed by atoms with E-state index < -0.39 is 0 Å². The lowest BCUT2D eigenvalue weighted by Gasteiger charge is -2.35. The van der Waals surface area contributed by atoms with Crippen LogP contribution >= 0.6 is 0 Å². The first-order chi connectivity index (χ1) is 11.2. The Hall–Kier alpha value is -2.70. The fourth-order valence-electron chi connectivity index (χ4n) is 2.57. The summed E-state index contributed by atoms with van der Waals surface area (Å²) in [4.78, 5) is 16.4. The number of benzene rings is 1. The van der Waals surface area contributed by atoms with Crippen LogP contribution < -0.4 is 14.4 Å². The van der Waals surface area contributed by atoms with Crippen LogP contribution in [0.15, 0.2) is 34.9 Å². The van der Waals surface area contributed by atoms with Gasteiger partial charge in [0.1, 0.15) is 5.75 Å². The molecule has 2 aromatic rings. The minimum atomic E-state index is -0.157. The number of methoxy groups -OCH3 is 2. The second-order valence-electron chi connectivity index (χ2n) is 5.21. The van der Waals surface area contributed by atoms with Crippen molar-refractivity contribution in [3.63, 3.8) is 0 Å². The number of hydrogen-bond acceptors (Lipinski definition) is 6. The molecule has 2 heterocycles. The molecule has 0 aliphatic carbocycles. The summed E-state index contributed by atoms with van der Waals surface area (Å²) in [5, 5.41) is 3.66. The monoisotopic (exact) mass is 317 g/mol. The van der Waals surface area contributed by atoms with Crippen LogP contribution in [0.4, 0.5) is 5.69 Å². The van der Waals surface area contributed by atoms with Gasteiger partial charge in [-0.3, -0.25) is 4.79 Å². The van der Waals surface area contributed by atoms with Gasteiger partial charge < -0.3 is 23.8 Å². The predicted molar refractivity (Wildman–Crippen MR) is 84.2 cm³/mol. The lowest BCUT2D eigenvalue weighted by molar-refractivity contribution is 0.0704. The molecule has 7 nitrogen and oxygen atoms in total. The van der Waals surface area contributed by atoms with Crippen molar-refractivity contribution in [3.05, 3.63) is 36.1 Å². The van der Waals surface area contributed by atoms with Gasteiger partial charge in [-0.15, -0.1) is 0 Å². The highest BCUT2D eigenvalue weighted by Crippen LogP contribution is 2.21. The number of amides is 1. The lowest BCUT2D eigenvalue weighted by atomic mass is 10.2. The molecule has 3 rings (SSSR count). The van der Waals surface area contributed by atoms with Crippen molar-refractivity contribution < 1.29 is 18.8 Å². The molecule has 0 N–H and O–H groups in total. The van der Waals surface area contributed by atoms with E-state index in [1.807, 2.05) is 24.3 Å². The van der Waals surface area contributed by atoms with Crippen molar-refractivity contribution in [3.8, 4) is 11.6 Å². The van der Waals surface area contributed by atoms with Crippen molar-refractivity contribution >= 4 is 11.6 Å². The number of nitrogens with zero attached hydrogens (tertiary/aromatic N) is 3. The van der Waals surface area contributed by atoms with Crippen LogP contribution in [0.1, 0.15) is 10.6 Å². The fraction of sp³-hybridized carbons (Fsp3) is 0.375. The molecule has 0 radical (unpaired) electrons. The minimum Gasteiger partial charge on any atom is -0.497 e. The van der Waals surface area contributed by atoms with Crippen LogP contribution in [0, 0.1) is 0 Å². The maximum atomic E-state index is 12.4. The van der Waals surface area contributed by atoms with Gasteiger partial charge in [-0.25, -0.2) is 0 Å². The highest BCUT2D eigenvalue weighted by Gasteiger charge is 2.25. The highest BCUT2D eigenvalue weighted by molar-refractivity contribution is 5.91. The molecule has 0 spiro atoms. The standard InChI is InChI=1S/C16H19N3O4/c1-21-13-5-3-12(4-6-13)18-7-9-19(10-8-18)16(20)14-11-15(22-2)17-23-14/h3-6,11H,7-10H2,1-2H3. The lowest BCUT2D eigenvalue weighted by Crippen LogP contribution is -2.48. The summed E-state index contributed by atoms with van der Waals surface area (Å²) < 4.78 is 15.1. The van der Waals surface area contributed by atoms with Crippen molar-refractivity contribution in [2.75, 3.05) is 45.3 Å². The maximum Gasteiger partial charge on any atom is 0.292 e. The van der Waals surface area contributed by atoms with Gasteiger partial charge in [-0.1, -0.05) is 0 Å². The van der Waals surface area contributed by atoms with Crippen molar-refractivity contribution in [1.29, 1.82) is 0 Å². The SMILES string of the molecule is COc1ccc(N2CCN(C(=O)c3cc(OC)no3)CC2)cc1. The number of hydrogen-bond donors (Lipinski definition) is 0. The Morgan fingerprint density at radius 1 is 1.09 bits per heavy atom. The number of carbonyl (C=O) groups excluding carboxylic acids is 1. The van der Waals surface area contributed by atoms with Gasteiger partial charge in [-0.05, 0) is 29.4 Å². The predicted octanol–water partition coefficient (Wildman–Crippen LogP) is 1.65. The zero-order valence-electron chi connectivity index (χ0n) is 13.2. The molecule has 1 amide bonds. The molecule has 1 aliphatic heterocycles. The quantitative estimate of drug-likeness (QED) is 0.854. The zero-order valence-corrected chi connectivity index (χ0v) is 13.2. The van der Waals surface area contributed by atoms with E-state index in [0.717, 1.165) is 24.5 Å². The van der Waals surface area contributed by atoms with Crippen LogP contribution in [0.3, 0.4) is 0 Å². The van der Waals surface area contributed by atoms with Gasteiger partial charge >= 0.3 is 0 Å². The summed E-state index contributed by atoms with van der Waals surface area (Å²) in [6.45, 7) is 2.80. The van der Waals surface area contributed by atoms with Crippen LogP contribution in [0.25, 0.3) is 0 Å². The molecule has 1 saturated heterocycles. The first-order valence-electron chi connectivity index (χ1n) is 7.40. The molecule has 0 atom stereocenters. The second kappa shape index (κ2) is 6.60. The average Bonchev–Trinajstić information content (AvgIpc) is 3.10. The van der Waals surface area contributed by atoms with E-state index in [9.17, 15) is 4.79 Å². The van der Waals surface area contributed by atoms with E-state index in [1.54, 1.807) is 12.0 Å². The van der Waals surface area contributed by atoms with E-state index >= 15 is 0 Å². The fourth-order valence-corrected chi connectivity index (χ4v) is 2.57. The van der Waals surface area contributed by atoms with E-state index in [4.69, 9.17) is 14.0 Å². The van der Waals surface area contributed by atoms with E-state index in [0.29, 0.717) is 19.0 Å². The number of rotatable bonds is 4. The molecular weight excluding hydrogens is 298 g/mol. The maximum absolute atomic E-state index is 12.4. The highest BCUT2D eigenvalue weighted by atomic mass is 16.5. The number of anilines is 1. The van der Waals surface area contributed by atoms with Gasteiger partial charge in [0, 0.05) is 31.9 Å². The van der Waals surface area contributed by atoms with Gasteiger partial charge in [0.15, 0.2) is 0 Å². The van der Waals surface area contributed by atoms with Crippen LogP contribution in [0.2, 0.25) is 0 Å². The van der Waals surface area contributed by atoms with Gasteiger partial charge in [0.05, 0.1) is 20.3 Å². The van der Waals surface area contributed by atoms with Gasteiger partial charge in [-0.2, -0.15) is 0 Å². The molecule has 0 bridgehead atoms. The second-order valence-corrected chi connectivity index (χ2v) is 5.21. The normalized spacial score (nSPS) is 14.7. The third-order valence-electron chi connectivity index (χ3n) is 3.91. The van der Waals surface area contributed by atoms with E-state index in [-0.39, 0.29) is 11.7 Å². The third-order valence-corrected chi connectivity index (χ3v) is 3.91. The molecule has 0 unspecified atom stereocenters. The summed E-state index contributed by atoms with van der Waals surface area (Å²) >= 11 is 0. The Labute approximate surface area is 134 Å². The molecule has 1 fully saturated rings. The van der Waals surface area contributed by atoms with Gasteiger partial charge in [0.25, 0.3) is 11.8 Å². The zero-order chi connectivity index (χ0) is 16.2. The topological polar surface area (TPSA) is 68.0 Å². The van der Waals surface area contributed by atoms with Crippen molar-refractivity contribution in [2.24, 2.45) is 0 Å². The average molecular weight is 317 g/mol. The van der Waals surface area contributed by atoms with E-state index in [2.05, 4.69) is 10.1 Å².